The Labute approximate surface area is 262 Å². The molecule has 0 radical (unpaired) electrons. The number of anilines is 3. The zero-order valence-electron chi connectivity index (χ0n) is 26.1. The van der Waals surface area contributed by atoms with Crippen LogP contribution in [0.4, 0.5) is 17.2 Å². The summed E-state index contributed by atoms with van der Waals surface area (Å²) in [5.74, 6) is 0.0323. The lowest BCUT2D eigenvalue weighted by molar-refractivity contribution is 0.102. The largest absolute Gasteiger partial charge is 0.343 e. The second-order valence-corrected chi connectivity index (χ2v) is 12.3. The van der Waals surface area contributed by atoms with Crippen molar-refractivity contribution in [2.24, 2.45) is 7.05 Å². The van der Waals surface area contributed by atoms with Gasteiger partial charge in [-0.05, 0) is 82.9 Å². The molecule has 8 nitrogen and oxygen atoms in total. The van der Waals surface area contributed by atoms with Crippen LogP contribution in [0.15, 0.2) is 108 Å². The van der Waals surface area contributed by atoms with Crippen LogP contribution in [0.5, 0.6) is 0 Å². The fourth-order valence-electron chi connectivity index (χ4n) is 5.40. The lowest BCUT2D eigenvalue weighted by Crippen LogP contribution is -2.21. The number of rotatable bonds is 7. The highest BCUT2D eigenvalue weighted by Crippen LogP contribution is 2.29. The topological polar surface area (TPSA) is 93.8 Å². The quantitative estimate of drug-likeness (QED) is 0.200. The summed E-state index contributed by atoms with van der Waals surface area (Å²) in [5.41, 5.74) is 7.43. The standard InChI is InChI=1S/C37H36N6O2/c1-24-30(7-6-8-31(24)41-35(44)27-9-12-28(13-10-27)37(2,3)4)32-23-42(5)36(45)34(40-32)39-29-14-11-26-17-20-43(33(26)21-29)22-25-15-18-38-19-16-25/h6-21,23H,22H2,1-5H3,(H,39,40)(H,41,44). The molecule has 45 heavy (non-hydrogen) atoms. The summed E-state index contributed by atoms with van der Waals surface area (Å²) in [5, 5.41) is 7.42. The number of carbonyl (C=O) groups is 1. The molecular weight excluding hydrogens is 560 g/mol. The monoisotopic (exact) mass is 596 g/mol. The van der Waals surface area contributed by atoms with E-state index in [-0.39, 0.29) is 22.7 Å². The molecule has 0 bridgehead atoms. The maximum absolute atomic E-state index is 13.2. The Bertz CT molecular complexity index is 2070. The van der Waals surface area contributed by atoms with Crippen molar-refractivity contribution >= 4 is 34.0 Å². The van der Waals surface area contributed by atoms with Crippen LogP contribution in [0.25, 0.3) is 22.2 Å². The average Bonchev–Trinajstić information content (AvgIpc) is 3.42. The van der Waals surface area contributed by atoms with Gasteiger partial charge in [-0.25, -0.2) is 4.98 Å². The molecule has 0 aliphatic heterocycles. The summed E-state index contributed by atoms with van der Waals surface area (Å²) >= 11 is 0. The van der Waals surface area contributed by atoms with Gasteiger partial charge in [0, 0.05) is 60.9 Å². The summed E-state index contributed by atoms with van der Waals surface area (Å²) in [6.07, 6.45) is 7.36. The molecule has 0 saturated carbocycles. The first-order valence-corrected chi connectivity index (χ1v) is 14.9. The predicted molar refractivity (Wildman–Crippen MR) is 181 cm³/mol. The lowest BCUT2D eigenvalue weighted by Gasteiger charge is -2.19. The third-order valence-corrected chi connectivity index (χ3v) is 8.08. The van der Waals surface area contributed by atoms with Gasteiger partial charge in [-0.3, -0.25) is 14.6 Å². The van der Waals surface area contributed by atoms with Crippen molar-refractivity contribution in [1.29, 1.82) is 0 Å². The van der Waals surface area contributed by atoms with Gasteiger partial charge in [0.2, 0.25) is 0 Å². The molecule has 0 spiro atoms. The van der Waals surface area contributed by atoms with E-state index in [1.807, 2.05) is 79.7 Å². The van der Waals surface area contributed by atoms with Gasteiger partial charge in [0.05, 0.1) is 11.2 Å². The van der Waals surface area contributed by atoms with E-state index in [2.05, 4.69) is 53.2 Å². The van der Waals surface area contributed by atoms with E-state index in [1.54, 1.807) is 25.6 Å². The molecule has 0 atom stereocenters. The van der Waals surface area contributed by atoms with E-state index < -0.39 is 0 Å². The molecule has 1 amide bonds. The number of aryl methyl sites for hydroxylation is 1. The lowest BCUT2D eigenvalue weighted by atomic mass is 9.86. The maximum atomic E-state index is 13.2. The Kier molecular flexibility index (Phi) is 7.81. The number of pyridine rings is 1. The molecule has 0 aliphatic rings. The number of nitrogens with zero attached hydrogens (tertiary/aromatic N) is 4. The molecular formula is C37H36N6O2. The summed E-state index contributed by atoms with van der Waals surface area (Å²) in [4.78, 5) is 35.2. The van der Waals surface area contributed by atoms with Crippen LogP contribution in [0.1, 0.15) is 47.8 Å². The van der Waals surface area contributed by atoms with E-state index in [0.29, 0.717) is 23.5 Å². The number of aromatic nitrogens is 4. The number of amides is 1. The van der Waals surface area contributed by atoms with E-state index in [0.717, 1.165) is 33.3 Å². The van der Waals surface area contributed by atoms with Gasteiger partial charge in [-0.1, -0.05) is 51.1 Å². The average molecular weight is 597 g/mol. The second-order valence-electron chi connectivity index (χ2n) is 12.3. The zero-order chi connectivity index (χ0) is 31.7. The van der Waals surface area contributed by atoms with E-state index in [4.69, 9.17) is 4.98 Å². The van der Waals surface area contributed by atoms with Crippen LogP contribution in [0, 0.1) is 6.92 Å². The molecule has 226 valence electrons. The highest BCUT2D eigenvalue weighted by molar-refractivity contribution is 6.05. The molecule has 0 aliphatic carbocycles. The minimum absolute atomic E-state index is 0.00890. The zero-order valence-corrected chi connectivity index (χ0v) is 26.1. The molecule has 3 aromatic heterocycles. The Balaban J connectivity index is 1.27. The summed E-state index contributed by atoms with van der Waals surface area (Å²) in [6, 6.07) is 25.5. The van der Waals surface area contributed by atoms with Crippen LogP contribution in [0.2, 0.25) is 0 Å². The van der Waals surface area contributed by atoms with Gasteiger partial charge < -0.3 is 19.8 Å². The van der Waals surface area contributed by atoms with Crippen LogP contribution in [-0.4, -0.2) is 25.0 Å². The summed E-state index contributed by atoms with van der Waals surface area (Å²) < 4.78 is 3.69. The Morgan fingerprint density at radius 2 is 1.69 bits per heavy atom. The number of hydrogen-bond donors (Lipinski definition) is 2. The van der Waals surface area contributed by atoms with Crippen molar-refractivity contribution in [2.45, 2.75) is 39.7 Å². The van der Waals surface area contributed by atoms with Crippen LogP contribution in [-0.2, 0) is 19.0 Å². The molecule has 0 saturated heterocycles. The van der Waals surface area contributed by atoms with Gasteiger partial charge in [-0.15, -0.1) is 0 Å². The first-order chi connectivity index (χ1) is 21.6. The number of nitrogens with one attached hydrogen (secondary N) is 2. The summed E-state index contributed by atoms with van der Waals surface area (Å²) in [6.45, 7) is 9.09. The second kappa shape index (κ2) is 11.9. The Morgan fingerprint density at radius 1 is 0.933 bits per heavy atom. The molecule has 6 aromatic rings. The Hall–Kier alpha value is -5.50. The Morgan fingerprint density at radius 3 is 2.42 bits per heavy atom. The van der Waals surface area contributed by atoms with Crippen LogP contribution >= 0.6 is 0 Å². The van der Waals surface area contributed by atoms with Crippen molar-refractivity contribution in [3.8, 4) is 11.3 Å². The maximum Gasteiger partial charge on any atom is 0.293 e. The predicted octanol–water partition coefficient (Wildman–Crippen LogP) is 7.45. The molecule has 3 heterocycles. The van der Waals surface area contributed by atoms with Gasteiger partial charge >= 0.3 is 0 Å². The molecule has 6 rings (SSSR count). The highest BCUT2D eigenvalue weighted by Gasteiger charge is 2.17. The molecule has 3 aromatic carbocycles. The third kappa shape index (κ3) is 6.26. The smallest absolute Gasteiger partial charge is 0.293 e. The number of fused-ring (bicyclic) bond motifs is 1. The highest BCUT2D eigenvalue weighted by atomic mass is 16.1. The minimum Gasteiger partial charge on any atom is -0.343 e. The van der Waals surface area contributed by atoms with E-state index >= 15 is 0 Å². The van der Waals surface area contributed by atoms with Crippen LogP contribution in [0.3, 0.4) is 0 Å². The molecule has 0 unspecified atom stereocenters. The van der Waals surface area contributed by atoms with Gasteiger partial charge in [0.25, 0.3) is 11.5 Å². The number of hydrogen-bond acceptors (Lipinski definition) is 5. The van der Waals surface area contributed by atoms with Crippen LogP contribution < -0.4 is 16.2 Å². The van der Waals surface area contributed by atoms with E-state index in [9.17, 15) is 9.59 Å². The number of benzene rings is 3. The first kappa shape index (κ1) is 29.6. The number of carbonyl (C=O) groups excluding carboxylic acids is 1. The fourth-order valence-corrected chi connectivity index (χ4v) is 5.40. The van der Waals surface area contributed by atoms with E-state index in [1.165, 1.54) is 10.1 Å². The van der Waals surface area contributed by atoms with Crippen molar-refractivity contribution in [3.63, 3.8) is 0 Å². The van der Waals surface area contributed by atoms with Gasteiger partial charge in [-0.2, -0.15) is 0 Å². The van der Waals surface area contributed by atoms with Crippen molar-refractivity contribution in [3.05, 3.63) is 136 Å². The summed E-state index contributed by atoms with van der Waals surface area (Å²) in [7, 11) is 1.71. The SMILES string of the molecule is Cc1c(NC(=O)c2ccc(C(C)(C)C)cc2)cccc1-c1cn(C)c(=O)c(Nc2ccc3ccn(Cc4ccncc4)c3c2)n1. The first-order valence-electron chi connectivity index (χ1n) is 14.9. The normalized spacial score (nSPS) is 11.5. The van der Waals surface area contributed by atoms with Crippen molar-refractivity contribution in [2.75, 3.05) is 10.6 Å². The van der Waals surface area contributed by atoms with Crippen molar-refractivity contribution < 1.29 is 4.79 Å². The van der Waals surface area contributed by atoms with Gasteiger partial charge in [0.1, 0.15) is 0 Å². The molecule has 2 N–H and O–H groups in total. The fraction of sp³-hybridized carbons (Fsp3) is 0.189. The van der Waals surface area contributed by atoms with Gasteiger partial charge in [0.15, 0.2) is 5.82 Å². The molecule has 8 heteroatoms. The van der Waals surface area contributed by atoms with Crippen molar-refractivity contribution in [1.82, 2.24) is 19.1 Å². The minimum atomic E-state index is -0.244. The third-order valence-electron chi connectivity index (χ3n) is 8.08. The molecule has 0 fully saturated rings.